The standard InChI is InChI=1S/C21H25FN4O4/c1-13(2)11-23-21(29)24-18(27)12-30-20(28)19-16-5-3-4-6-17(16)26(25-19)15-9-7-14(22)8-10-15/h7-10,13H,3-6,11-12H2,1-2H3,(H2,23,24,27,29). The van der Waals surface area contributed by atoms with E-state index < -0.39 is 24.5 Å². The molecule has 160 valence electrons. The minimum atomic E-state index is -0.730. The first kappa shape index (κ1) is 21.5. The average Bonchev–Trinajstić information content (AvgIpc) is 3.11. The number of ether oxygens (including phenoxy) is 1. The number of hydrogen-bond acceptors (Lipinski definition) is 5. The van der Waals surface area contributed by atoms with Crippen LogP contribution in [0.25, 0.3) is 5.69 Å². The Balaban J connectivity index is 1.68. The van der Waals surface area contributed by atoms with Crippen LogP contribution in [0.3, 0.4) is 0 Å². The highest BCUT2D eigenvalue weighted by Crippen LogP contribution is 2.27. The van der Waals surface area contributed by atoms with Crippen LogP contribution in [0.15, 0.2) is 24.3 Å². The second-order valence-corrected chi connectivity index (χ2v) is 7.60. The molecule has 1 aliphatic carbocycles. The van der Waals surface area contributed by atoms with Crippen molar-refractivity contribution < 1.29 is 23.5 Å². The number of amides is 3. The van der Waals surface area contributed by atoms with Gasteiger partial charge in [0.1, 0.15) is 5.82 Å². The highest BCUT2D eigenvalue weighted by molar-refractivity contribution is 5.97. The molecule has 3 rings (SSSR count). The van der Waals surface area contributed by atoms with Gasteiger partial charge < -0.3 is 10.1 Å². The first-order valence-electron chi connectivity index (χ1n) is 9.96. The minimum absolute atomic E-state index is 0.145. The predicted octanol–water partition coefficient (Wildman–Crippen LogP) is 2.53. The second kappa shape index (κ2) is 9.51. The van der Waals surface area contributed by atoms with Gasteiger partial charge in [-0.25, -0.2) is 18.7 Å². The van der Waals surface area contributed by atoms with Crippen LogP contribution >= 0.6 is 0 Å². The van der Waals surface area contributed by atoms with E-state index in [0.717, 1.165) is 30.5 Å². The van der Waals surface area contributed by atoms with Gasteiger partial charge in [-0.3, -0.25) is 10.1 Å². The predicted molar refractivity (Wildman–Crippen MR) is 107 cm³/mol. The summed E-state index contributed by atoms with van der Waals surface area (Å²) in [6, 6.07) is 5.21. The monoisotopic (exact) mass is 416 g/mol. The number of rotatable bonds is 6. The maximum absolute atomic E-state index is 13.3. The highest BCUT2D eigenvalue weighted by atomic mass is 19.1. The molecule has 0 spiro atoms. The van der Waals surface area contributed by atoms with Crippen molar-refractivity contribution in [2.24, 2.45) is 5.92 Å². The van der Waals surface area contributed by atoms with Crippen LogP contribution in [0, 0.1) is 11.7 Å². The second-order valence-electron chi connectivity index (χ2n) is 7.60. The number of hydrogen-bond donors (Lipinski definition) is 2. The van der Waals surface area contributed by atoms with Gasteiger partial charge in [-0.15, -0.1) is 0 Å². The van der Waals surface area contributed by atoms with Crippen LogP contribution in [0.5, 0.6) is 0 Å². The number of nitrogens with one attached hydrogen (secondary N) is 2. The Bertz CT molecular complexity index is 937. The number of carbonyl (C=O) groups excluding carboxylic acids is 3. The Morgan fingerprint density at radius 3 is 2.57 bits per heavy atom. The Morgan fingerprint density at radius 2 is 1.87 bits per heavy atom. The van der Waals surface area contributed by atoms with Gasteiger partial charge in [0.2, 0.25) is 0 Å². The number of urea groups is 1. The lowest BCUT2D eigenvalue weighted by molar-refractivity contribution is -0.123. The summed E-state index contributed by atoms with van der Waals surface area (Å²) in [6.45, 7) is 3.68. The van der Waals surface area contributed by atoms with Gasteiger partial charge in [0.25, 0.3) is 5.91 Å². The summed E-state index contributed by atoms with van der Waals surface area (Å²) in [5.74, 6) is -1.57. The lowest BCUT2D eigenvalue weighted by Crippen LogP contribution is -2.42. The number of fused-ring (bicyclic) bond motifs is 1. The molecule has 0 bridgehead atoms. The van der Waals surface area contributed by atoms with E-state index in [-0.39, 0.29) is 17.4 Å². The fourth-order valence-electron chi connectivity index (χ4n) is 3.26. The highest BCUT2D eigenvalue weighted by Gasteiger charge is 2.27. The van der Waals surface area contributed by atoms with Gasteiger partial charge in [-0.1, -0.05) is 13.8 Å². The number of carbonyl (C=O) groups is 3. The molecule has 0 radical (unpaired) electrons. The number of imide groups is 1. The smallest absolute Gasteiger partial charge is 0.359 e. The van der Waals surface area contributed by atoms with E-state index in [1.165, 1.54) is 12.1 Å². The van der Waals surface area contributed by atoms with Gasteiger partial charge in [-0.2, -0.15) is 5.10 Å². The number of halogens is 1. The molecular formula is C21H25FN4O4. The molecule has 0 fully saturated rings. The fourth-order valence-corrected chi connectivity index (χ4v) is 3.26. The number of benzene rings is 1. The molecule has 0 aliphatic heterocycles. The van der Waals surface area contributed by atoms with E-state index in [4.69, 9.17) is 4.74 Å². The summed E-state index contributed by atoms with van der Waals surface area (Å²) in [5, 5.41) is 9.05. The quantitative estimate of drug-likeness (QED) is 0.705. The van der Waals surface area contributed by atoms with E-state index in [2.05, 4.69) is 15.7 Å². The van der Waals surface area contributed by atoms with Crippen LogP contribution in [-0.2, 0) is 22.4 Å². The van der Waals surface area contributed by atoms with Crippen molar-refractivity contribution in [3.05, 3.63) is 47.0 Å². The van der Waals surface area contributed by atoms with Crippen LogP contribution in [0.2, 0.25) is 0 Å². The molecule has 2 N–H and O–H groups in total. The maximum Gasteiger partial charge on any atom is 0.359 e. The Labute approximate surface area is 173 Å². The van der Waals surface area contributed by atoms with E-state index in [9.17, 15) is 18.8 Å². The van der Waals surface area contributed by atoms with Crippen molar-refractivity contribution in [3.8, 4) is 5.69 Å². The molecule has 1 aliphatic rings. The Kier molecular flexibility index (Phi) is 6.81. The molecule has 9 heteroatoms. The molecule has 0 unspecified atom stereocenters. The lowest BCUT2D eigenvalue weighted by Gasteiger charge is -2.14. The number of aromatic nitrogens is 2. The van der Waals surface area contributed by atoms with Crippen molar-refractivity contribution in [1.82, 2.24) is 20.4 Å². The van der Waals surface area contributed by atoms with E-state index >= 15 is 0 Å². The van der Waals surface area contributed by atoms with E-state index in [0.29, 0.717) is 18.7 Å². The number of nitrogens with zero attached hydrogens (tertiary/aromatic N) is 2. The van der Waals surface area contributed by atoms with Crippen molar-refractivity contribution in [2.45, 2.75) is 39.5 Å². The SMILES string of the molecule is CC(C)CNC(=O)NC(=O)COC(=O)c1nn(-c2ccc(F)cc2)c2c1CCCC2. The molecule has 8 nitrogen and oxygen atoms in total. The van der Waals surface area contributed by atoms with Gasteiger partial charge >= 0.3 is 12.0 Å². The zero-order valence-electron chi connectivity index (χ0n) is 17.0. The van der Waals surface area contributed by atoms with Crippen LogP contribution in [0.1, 0.15) is 48.4 Å². The van der Waals surface area contributed by atoms with E-state index in [1.54, 1.807) is 16.8 Å². The molecule has 3 amide bonds. The zero-order chi connectivity index (χ0) is 21.7. The average molecular weight is 416 g/mol. The molecule has 2 aromatic rings. The zero-order valence-corrected chi connectivity index (χ0v) is 17.0. The summed E-state index contributed by atoms with van der Waals surface area (Å²) >= 11 is 0. The van der Waals surface area contributed by atoms with E-state index in [1.807, 2.05) is 13.8 Å². The molecule has 1 heterocycles. The van der Waals surface area contributed by atoms with Crippen molar-refractivity contribution >= 4 is 17.9 Å². The first-order chi connectivity index (χ1) is 14.3. The van der Waals surface area contributed by atoms with Crippen LogP contribution in [-0.4, -0.2) is 40.8 Å². The normalized spacial score (nSPS) is 12.9. The molecule has 0 saturated heterocycles. The van der Waals surface area contributed by atoms with Crippen molar-refractivity contribution in [3.63, 3.8) is 0 Å². The fraction of sp³-hybridized carbons (Fsp3) is 0.429. The molecule has 1 aromatic carbocycles. The molecule has 0 atom stereocenters. The van der Waals surface area contributed by atoms with Crippen LogP contribution in [0.4, 0.5) is 9.18 Å². The number of esters is 1. The van der Waals surface area contributed by atoms with Crippen LogP contribution < -0.4 is 10.6 Å². The minimum Gasteiger partial charge on any atom is -0.451 e. The largest absolute Gasteiger partial charge is 0.451 e. The molecule has 1 aromatic heterocycles. The lowest BCUT2D eigenvalue weighted by atomic mass is 9.95. The maximum atomic E-state index is 13.3. The summed E-state index contributed by atoms with van der Waals surface area (Å²) in [6.07, 6.45) is 3.29. The summed E-state index contributed by atoms with van der Waals surface area (Å²) in [7, 11) is 0. The first-order valence-corrected chi connectivity index (χ1v) is 9.96. The summed E-state index contributed by atoms with van der Waals surface area (Å²) in [5.41, 5.74) is 2.46. The molecule has 0 saturated carbocycles. The summed E-state index contributed by atoms with van der Waals surface area (Å²) < 4.78 is 20.0. The van der Waals surface area contributed by atoms with Crippen molar-refractivity contribution in [2.75, 3.05) is 13.2 Å². The van der Waals surface area contributed by atoms with Crippen molar-refractivity contribution in [1.29, 1.82) is 0 Å². The van der Waals surface area contributed by atoms with Gasteiger partial charge in [0.15, 0.2) is 12.3 Å². The topological polar surface area (TPSA) is 102 Å². The third-order valence-electron chi connectivity index (χ3n) is 4.70. The Morgan fingerprint density at radius 1 is 1.17 bits per heavy atom. The molecule has 30 heavy (non-hydrogen) atoms. The third-order valence-corrected chi connectivity index (χ3v) is 4.70. The van der Waals surface area contributed by atoms with Gasteiger partial charge in [0.05, 0.1) is 5.69 Å². The Hall–Kier alpha value is -3.23. The summed E-state index contributed by atoms with van der Waals surface area (Å²) in [4.78, 5) is 36.1. The third kappa shape index (κ3) is 5.22. The molecular weight excluding hydrogens is 391 g/mol. The van der Waals surface area contributed by atoms with Gasteiger partial charge in [0, 0.05) is 17.8 Å². The van der Waals surface area contributed by atoms with Gasteiger partial charge in [-0.05, 0) is 55.9 Å².